The summed E-state index contributed by atoms with van der Waals surface area (Å²) in [6, 6.07) is 16.2. The van der Waals surface area contributed by atoms with E-state index >= 15 is 0 Å². The summed E-state index contributed by atoms with van der Waals surface area (Å²) >= 11 is 0. The first-order valence-corrected chi connectivity index (χ1v) is 8.16. The number of benzene rings is 2. The Balaban J connectivity index is 0.00000312. The van der Waals surface area contributed by atoms with Crippen LogP contribution in [0.2, 0.25) is 0 Å². The molecule has 0 saturated carbocycles. The molecule has 0 aliphatic rings. The number of allylic oxidation sites excluding steroid dienone is 1. The number of carboxylic acids is 1. The first-order valence-electron chi connectivity index (χ1n) is 8.16. The molecule has 2 aromatic rings. The summed E-state index contributed by atoms with van der Waals surface area (Å²) in [6.07, 6.45) is 2.42. The molecule has 0 radical (unpaired) electrons. The molecule has 0 bridgehead atoms. The van der Waals surface area contributed by atoms with Crippen LogP contribution in [0, 0.1) is 0 Å². The third-order valence-corrected chi connectivity index (χ3v) is 3.99. The predicted molar refractivity (Wildman–Crippen MR) is 94.8 cm³/mol. The van der Waals surface area contributed by atoms with Gasteiger partial charge in [-0.05, 0) is 53.2 Å². The van der Waals surface area contributed by atoms with Gasteiger partial charge >= 0.3 is 29.6 Å². The fourth-order valence-electron chi connectivity index (χ4n) is 2.55. The van der Waals surface area contributed by atoms with Crippen LogP contribution in [-0.4, -0.2) is 13.1 Å². The number of carbonyl (C=O) groups is 1. The van der Waals surface area contributed by atoms with E-state index in [9.17, 15) is 9.90 Å². The van der Waals surface area contributed by atoms with E-state index in [-0.39, 0.29) is 36.0 Å². The van der Waals surface area contributed by atoms with Crippen LogP contribution in [0.15, 0.2) is 54.6 Å². The van der Waals surface area contributed by atoms with E-state index in [0.29, 0.717) is 12.3 Å². The minimum Gasteiger partial charge on any atom is -0.550 e. The van der Waals surface area contributed by atoms with Crippen LogP contribution in [0.25, 0.3) is 5.57 Å². The van der Waals surface area contributed by atoms with Gasteiger partial charge in [-0.1, -0.05) is 56.3 Å². The molecule has 2 aromatic carbocycles. The van der Waals surface area contributed by atoms with Crippen molar-refractivity contribution in [2.24, 2.45) is 0 Å². The second kappa shape index (κ2) is 10.4. The summed E-state index contributed by atoms with van der Waals surface area (Å²) in [5.74, 6) is 0.240. The van der Waals surface area contributed by atoms with Gasteiger partial charge in [0.05, 0.1) is 7.11 Å². The van der Waals surface area contributed by atoms with Crippen molar-refractivity contribution in [1.29, 1.82) is 0 Å². The standard InChI is InChI=1S/C21H24O3.Na/c1-15(2)16-7-9-17(10-8-16)20(5-4-6-21(22)23)18-11-13-19(24-3)14-12-18;/h5,7-15H,4,6H2,1-3H3,(H,22,23);/q;+1/p-1. The Morgan fingerprint density at radius 2 is 1.56 bits per heavy atom. The van der Waals surface area contributed by atoms with Crippen LogP contribution in [-0.2, 0) is 4.79 Å². The molecule has 0 N–H and O–H groups in total. The van der Waals surface area contributed by atoms with Crippen LogP contribution in [0.5, 0.6) is 5.75 Å². The largest absolute Gasteiger partial charge is 1.00 e. The molecule has 2 rings (SSSR count). The summed E-state index contributed by atoms with van der Waals surface area (Å²) in [4.78, 5) is 10.7. The van der Waals surface area contributed by atoms with Crippen molar-refractivity contribution in [1.82, 2.24) is 0 Å². The van der Waals surface area contributed by atoms with Crippen molar-refractivity contribution >= 4 is 11.5 Å². The second-order valence-corrected chi connectivity index (χ2v) is 6.03. The average molecular weight is 346 g/mol. The number of methoxy groups -OCH3 is 1. The number of rotatable bonds is 7. The molecule has 25 heavy (non-hydrogen) atoms. The van der Waals surface area contributed by atoms with Crippen molar-refractivity contribution < 1.29 is 44.2 Å². The van der Waals surface area contributed by atoms with Crippen LogP contribution < -0.4 is 39.4 Å². The maximum atomic E-state index is 10.7. The summed E-state index contributed by atoms with van der Waals surface area (Å²) in [7, 11) is 1.64. The molecule has 0 aliphatic carbocycles. The number of aliphatic carboxylic acids is 1. The first-order chi connectivity index (χ1) is 11.5. The first kappa shape index (κ1) is 21.5. The van der Waals surface area contributed by atoms with E-state index < -0.39 is 5.97 Å². The molecule has 0 aromatic heterocycles. The molecule has 0 aliphatic heterocycles. The molecule has 4 heteroatoms. The molecule has 3 nitrogen and oxygen atoms in total. The van der Waals surface area contributed by atoms with Gasteiger partial charge in [0, 0.05) is 5.97 Å². The molecule has 0 fully saturated rings. The number of carboxylic acid groups (broad SMARTS) is 1. The van der Waals surface area contributed by atoms with Gasteiger partial charge in [-0.25, -0.2) is 0 Å². The van der Waals surface area contributed by atoms with Gasteiger partial charge < -0.3 is 14.6 Å². The Bertz CT molecular complexity index is 701. The second-order valence-electron chi connectivity index (χ2n) is 6.03. The number of carbonyl (C=O) groups excluding carboxylic acids is 1. The molecular formula is C21H23NaO3. The zero-order valence-corrected chi connectivity index (χ0v) is 17.4. The minimum atomic E-state index is -1.03. The third kappa shape index (κ3) is 6.35. The Hall–Kier alpha value is -1.55. The Morgan fingerprint density at radius 1 is 1.04 bits per heavy atom. The van der Waals surface area contributed by atoms with Crippen LogP contribution in [0.1, 0.15) is 49.3 Å². The van der Waals surface area contributed by atoms with Gasteiger partial charge in [0.15, 0.2) is 0 Å². The SMILES string of the molecule is COc1ccc(C(=CCCC(=O)[O-])c2ccc(C(C)C)cc2)cc1.[Na+]. The quantitative estimate of drug-likeness (QED) is 0.697. The van der Waals surface area contributed by atoms with Crippen molar-refractivity contribution in [2.45, 2.75) is 32.6 Å². The van der Waals surface area contributed by atoms with Crippen molar-refractivity contribution in [3.8, 4) is 5.75 Å². The summed E-state index contributed by atoms with van der Waals surface area (Å²) in [6.45, 7) is 4.32. The fraction of sp³-hybridized carbons (Fsp3) is 0.286. The normalized spacial score (nSPS) is 11.1. The smallest absolute Gasteiger partial charge is 0.550 e. The zero-order valence-electron chi connectivity index (χ0n) is 15.4. The molecule has 0 spiro atoms. The number of ether oxygens (including phenoxy) is 1. The average Bonchev–Trinajstić information content (AvgIpc) is 2.59. The monoisotopic (exact) mass is 346 g/mol. The molecular weight excluding hydrogens is 323 g/mol. The Kier molecular flexibility index (Phi) is 8.98. The topological polar surface area (TPSA) is 49.4 Å². The molecule has 0 saturated heterocycles. The Morgan fingerprint density at radius 3 is 2.00 bits per heavy atom. The van der Waals surface area contributed by atoms with Gasteiger partial charge in [-0.2, -0.15) is 0 Å². The number of hydrogen-bond acceptors (Lipinski definition) is 3. The van der Waals surface area contributed by atoms with Gasteiger partial charge in [0.1, 0.15) is 5.75 Å². The van der Waals surface area contributed by atoms with Crippen LogP contribution >= 0.6 is 0 Å². The van der Waals surface area contributed by atoms with E-state index in [4.69, 9.17) is 4.74 Å². The maximum Gasteiger partial charge on any atom is 1.00 e. The van der Waals surface area contributed by atoms with Crippen LogP contribution in [0.3, 0.4) is 0 Å². The van der Waals surface area contributed by atoms with Crippen molar-refractivity contribution in [3.05, 3.63) is 71.3 Å². The molecule has 126 valence electrons. The maximum absolute atomic E-state index is 10.7. The van der Waals surface area contributed by atoms with Gasteiger partial charge in [-0.15, -0.1) is 0 Å². The molecule has 0 atom stereocenters. The van der Waals surface area contributed by atoms with E-state index in [2.05, 4.69) is 38.1 Å². The summed E-state index contributed by atoms with van der Waals surface area (Å²) < 4.78 is 5.20. The Labute approximate surface area is 172 Å². The van der Waals surface area contributed by atoms with E-state index in [1.807, 2.05) is 30.3 Å². The van der Waals surface area contributed by atoms with Crippen molar-refractivity contribution in [2.75, 3.05) is 7.11 Å². The summed E-state index contributed by atoms with van der Waals surface area (Å²) in [5, 5.41) is 10.7. The molecule has 0 amide bonds. The fourth-order valence-corrected chi connectivity index (χ4v) is 2.55. The predicted octanol–water partition coefficient (Wildman–Crippen LogP) is 0.784. The molecule has 0 unspecified atom stereocenters. The molecule has 0 heterocycles. The van der Waals surface area contributed by atoms with Gasteiger partial charge in [0.2, 0.25) is 0 Å². The van der Waals surface area contributed by atoms with E-state index in [0.717, 1.165) is 22.4 Å². The minimum absolute atomic E-state index is 0. The zero-order chi connectivity index (χ0) is 17.5. The van der Waals surface area contributed by atoms with Gasteiger partial charge in [0.25, 0.3) is 0 Å². The van der Waals surface area contributed by atoms with E-state index in [1.165, 1.54) is 5.56 Å². The van der Waals surface area contributed by atoms with E-state index in [1.54, 1.807) is 7.11 Å². The third-order valence-electron chi connectivity index (χ3n) is 3.99. The van der Waals surface area contributed by atoms with Gasteiger partial charge in [-0.3, -0.25) is 0 Å². The number of hydrogen-bond donors (Lipinski definition) is 0. The van der Waals surface area contributed by atoms with Crippen LogP contribution in [0.4, 0.5) is 0 Å². The summed E-state index contributed by atoms with van der Waals surface area (Å²) in [5.41, 5.74) is 4.41. The van der Waals surface area contributed by atoms with Crippen molar-refractivity contribution in [3.63, 3.8) is 0 Å².